The first-order chi connectivity index (χ1) is 7.70. The average molecular weight is 218 g/mol. The van der Waals surface area contributed by atoms with E-state index in [0.717, 1.165) is 6.20 Å². The van der Waals surface area contributed by atoms with Gasteiger partial charge in [0.2, 0.25) is 0 Å². The van der Waals surface area contributed by atoms with E-state index in [1.54, 1.807) is 18.5 Å². The lowest BCUT2D eigenvalue weighted by Crippen LogP contribution is -2.15. The second-order valence-electron chi connectivity index (χ2n) is 3.38. The van der Waals surface area contributed by atoms with E-state index in [9.17, 15) is 4.39 Å². The van der Waals surface area contributed by atoms with Crippen molar-refractivity contribution in [2.75, 3.05) is 5.73 Å². The lowest BCUT2D eigenvalue weighted by molar-refractivity contribution is 0.593. The molecule has 2 aromatic heterocycles. The molecule has 0 aromatic carbocycles. The first kappa shape index (κ1) is 10.5. The molecule has 0 aliphatic rings. The third-order valence-electron chi connectivity index (χ3n) is 2.36. The van der Waals surface area contributed by atoms with Gasteiger partial charge in [-0.1, -0.05) is 0 Å². The molecular formula is C11H11FN4. The van der Waals surface area contributed by atoms with Crippen LogP contribution in [0.4, 0.5) is 10.1 Å². The molecule has 4 N–H and O–H groups in total. The molecule has 0 aliphatic carbocycles. The van der Waals surface area contributed by atoms with Crippen LogP contribution in [-0.4, -0.2) is 9.97 Å². The zero-order valence-electron chi connectivity index (χ0n) is 8.47. The van der Waals surface area contributed by atoms with Crippen LogP contribution in [0.5, 0.6) is 0 Å². The molecule has 1 unspecified atom stereocenters. The summed E-state index contributed by atoms with van der Waals surface area (Å²) in [5.74, 6) is -0.446. The summed E-state index contributed by atoms with van der Waals surface area (Å²) in [5.41, 5.74) is 13.1. The Morgan fingerprint density at radius 2 is 1.75 bits per heavy atom. The highest BCUT2D eigenvalue weighted by Gasteiger charge is 2.15. The molecule has 0 spiro atoms. The minimum absolute atomic E-state index is 0.356. The van der Waals surface area contributed by atoms with Gasteiger partial charge in [-0.3, -0.25) is 9.97 Å². The van der Waals surface area contributed by atoms with Gasteiger partial charge in [0.05, 0.1) is 12.2 Å². The molecule has 1 atom stereocenters. The largest absolute Gasteiger partial charge is 0.398 e. The molecule has 2 aromatic rings. The second kappa shape index (κ2) is 4.24. The van der Waals surface area contributed by atoms with Crippen LogP contribution >= 0.6 is 0 Å². The van der Waals surface area contributed by atoms with Crippen LogP contribution in [0, 0.1) is 5.82 Å². The fourth-order valence-electron chi connectivity index (χ4n) is 1.48. The van der Waals surface area contributed by atoms with E-state index >= 15 is 0 Å². The number of anilines is 1. The summed E-state index contributed by atoms with van der Waals surface area (Å²) in [4.78, 5) is 7.59. The summed E-state index contributed by atoms with van der Waals surface area (Å²) in [5, 5.41) is 0. The van der Waals surface area contributed by atoms with Crippen LogP contribution in [0.3, 0.4) is 0 Å². The van der Waals surface area contributed by atoms with Crippen molar-refractivity contribution in [1.82, 2.24) is 9.97 Å². The first-order valence-corrected chi connectivity index (χ1v) is 4.74. The quantitative estimate of drug-likeness (QED) is 0.795. The van der Waals surface area contributed by atoms with Crippen LogP contribution in [0.1, 0.15) is 17.2 Å². The van der Waals surface area contributed by atoms with Gasteiger partial charge >= 0.3 is 0 Å². The maximum atomic E-state index is 13.5. The molecule has 0 amide bonds. The number of rotatable bonds is 2. The SMILES string of the molecule is Nc1ccncc1C(N)c1ccncc1F. The minimum Gasteiger partial charge on any atom is -0.398 e. The predicted molar refractivity (Wildman–Crippen MR) is 58.9 cm³/mol. The van der Waals surface area contributed by atoms with Crippen molar-refractivity contribution < 1.29 is 4.39 Å². The minimum atomic E-state index is -0.628. The van der Waals surface area contributed by atoms with E-state index in [1.807, 2.05) is 0 Å². The number of nitrogen functional groups attached to an aromatic ring is 1. The Bertz CT molecular complexity index is 455. The molecule has 0 bridgehead atoms. The summed E-state index contributed by atoms with van der Waals surface area (Å²) in [7, 11) is 0. The summed E-state index contributed by atoms with van der Waals surface area (Å²) < 4.78 is 13.5. The van der Waals surface area contributed by atoms with E-state index in [2.05, 4.69) is 9.97 Å². The second-order valence-corrected chi connectivity index (χ2v) is 3.38. The highest BCUT2D eigenvalue weighted by molar-refractivity contribution is 5.49. The monoisotopic (exact) mass is 218 g/mol. The van der Waals surface area contributed by atoms with Crippen molar-refractivity contribution >= 4 is 5.69 Å². The summed E-state index contributed by atoms with van der Waals surface area (Å²) in [6, 6.07) is 2.54. The van der Waals surface area contributed by atoms with Gasteiger partial charge in [-0.2, -0.15) is 0 Å². The Morgan fingerprint density at radius 3 is 2.44 bits per heavy atom. The number of pyridine rings is 2. The molecule has 0 saturated carbocycles. The molecular weight excluding hydrogens is 207 g/mol. The van der Waals surface area contributed by atoms with E-state index in [4.69, 9.17) is 11.5 Å². The first-order valence-electron chi connectivity index (χ1n) is 4.74. The Kier molecular flexibility index (Phi) is 2.78. The van der Waals surface area contributed by atoms with Crippen LogP contribution < -0.4 is 11.5 Å². The number of hydrogen-bond acceptors (Lipinski definition) is 4. The lowest BCUT2D eigenvalue weighted by Gasteiger charge is -2.14. The Labute approximate surface area is 92.1 Å². The van der Waals surface area contributed by atoms with Crippen molar-refractivity contribution in [1.29, 1.82) is 0 Å². The van der Waals surface area contributed by atoms with Crippen molar-refractivity contribution in [3.05, 3.63) is 53.9 Å². The fourth-order valence-corrected chi connectivity index (χ4v) is 1.48. The van der Waals surface area contributed by atoms with Crippen molar-refractivity contribution in [3.8, 4) is 0 Å². The maximum absolute atomic E-state index is 13.5. The highest BCUT2D eigenvalue weighted by atomic mass is 19.1. The van der Waals surface area contributed by atoms with Crippen LogP contribution in [-0.2, 0) is 0 Å². The van der Waals surface area contributed by atoms with Gasteiger partial charge < -0.3 is 11.5 Å². The van der Waals surface area contributed by atoms with Gasteiger partial charge in [0.15, 0.2) is 0 Å². The van der Waals surface area contributed by atoms with Crippen LogP contribution in [0.15, 0.2) is 36.9 Å². The van der Waals surface area contributed by atoms with E-state index < -0.39 is 11.9 Å². The Morgan fingerprint density at radius 1 is 1.06 bits per heavy atom. The van der Waals surface area contributed by atoms with Crippen molar-refractivity contribution in [3.63, 3.8) is 0 Å². The number of nitrogens with two attached hydrogens (primary N) is 2. The Balaban J connectivity index is 2.44. The van der Waals surface area contributed by atoms with Gasteiger partial charge in [0, 0.05) is 35.4 Å². The zero-order chi connectivity index (χ0) is 11.5. The van der Waals surface area contributed by atoms with Gasteiger partial charge in [-0.05, 0) is 12.1 Å². The molecule has 2 heterocycles. The van der Waals surface area contributed by atoms with E-state index in [-0.39, 0.29) is 0 Å². The standard InChI is InChI=1S/C11H11FN4/c12-9-6-16-3-1-7(9)11(14)8-5-15-4-2-10(8)13/h1-6,11H,14H2,(H2,13,15). The van der Waals surface area contributed by atoms with E-state index in [1.165, 1.54) is 12.3 Å². The molecule has 5 heteroatoms. The number of hydrogen-bond donors (Lipinski definition) is 2. The normalized spacial score (nSPS) is 12.4. The summed E-state index contributed by atoms with van der Waals surface area (Å²) >= 11 is 0. The number of aromatic nitrogens is 2. The molecule has 0 radical (unpaired) electrons. The molecule has 82 valence electrons. The maximum Gasteiger partial charge on any atom is 0.146 e. The lowest BCUT2D eigenvalue weighted by atomic mass is 10.0. The molecule has 0 fully saturated rings. The van der Waals surface area contributed by atoms with Crippen molar-refractivity contribution in [2.24, 2.45) is 5.73 Å². The zero-order valence-corrected chi connectivity index (χ0v) is 8.47. The molecule has 16 heavy (non-hydrogen) atoms. The molecule has 0 saturated heterocycles. The van der Waals surface area contributed by atoms with Gasteiger partial charge in [-0.15, -0.1) is 0 Å². The molecule has 0 aliphatic heterocycles. The predicted octanol–water partition coefficient (Wildman–Crippen LogP) is 1.25. The van der Waals surface area contributed by atoms with Crippen LogP contribution in [0.2, 0.25) is 0 Å². The highest BCUT2D eigenvalue weighted by Crippen LogP contribution is 2.24. The van der Waals surface area contributed by atoms with Crippen LogP contribution in [0.25, 0.3) is 0 Å². The van der Waals surface area contributed by atoms with Gasteiger partial charge in [0.25, 0.3) is 0 Å². The summed E-state index contributed by atoms with van der Waals surface area (Å²) in [6.45, 7) is 0. The number of halogens is 1. The van der Waals surface area contributed by atoms with E-state index in [0.29, 0.717) is 16.8 Å². The topological polar surface area (TPSA) is 77.8 Å². The summed E-state index contributed by atoms with van der Waals surface area (Å²) in [6.07, 6.45) is 5.72. The smallest absolute Gasteiger partial charge is 0.146 e. The average Bonchev–Trinajstić information content (AvgIpc) is 2.29. The number of nitrogens with zero attached hydrogens (tertiary/aromatic N) is 2. The van der Waals surface area contributed by atoms with Gasteiger partial charge in [0.1, 0.15) is 5.82 Å². The van der Waals surface area contributed by atoms with Gasteiger partial charge in [-0.25, -0.2) is 4.39 Å². The Hall–Kier alpha value is -2.01. The molecule has 4 nitrogen and oxygen atoms in total. The molecule has 2 rings (SSSR count). The third kappa shape index (κ3) is 1.85. The van der Waals surface area contributed by atoms with Crippen molar-refractivity contribution in [2.45, 2.75) is 6.04 Å². The third-order valence-corrected chi connectivity index (χ3v) is 2.36. The fraction of sp³-hybridized carbons (Fsp3) is 0.0909.